The van der Waals surface area contributed by atoms with Crippen molar-refractivity contribution < 1.29 is 18.9 Å². The van der Waals surface area contributed by atoms with Gasteiger partial charge in [-0.2, -0.15) is 0 Å². The van der Waals surface area contributed by atoms with Crippen LogP contribution in [0.5, 0.6) is 5.75 Å². The first-order valence-electron chi connectivity index (χ1n) is 9.81. The molecule has 0 saturated heterocycles. The molecule has 0 aliphatic rings. The fraction of sp³-hybridized carbons (Fsp3) is 0.0870. The summed E-state index contributed by atoms with van der Waals surface area (Å²) in [4.78, 5) is 27.4. The van der Waals surface area contributed by atoms with Gasteiger partial charge in [-0.15, -0.1) is 0 Å². The predicted molar refractivity (Wildman–Crippen MR) is 126 cm³/mol. The van der Waals surface area contributed by atoms with Crippen molar-refractivity contribution in [1.29, 1.82) is 0 Å². The number of nitrogens with one attached hydrogen (secondary N) is 2. The number of methoxy groups -OCH3 is 1. The van der Waals surface area contributed by atoms with Crippen molar-refractivity contribution in [3.8, 4) is 17.2 Å². The fourth-order valence-electron chi connectivity index (χ4n) is 3.14. The van der Waals surface area contributed by atoms with E-state index in [0.29, 0.717) is 12.4 Å². The molecule has 0 atom stereocenters. The highest BCUT2D eigenvalue weighted by Gasteiger charge is 2.18. The summed E-state index contributed by atoms with van der Waals surface area (Å²) < 4.78 is 10.7. The molecule has 4 aromatic rings. The van der Waals surface area contributed by atoms with E-state index in [-0.39, 0.29) is 22.1 Å². The molecule has 0 unspecified atom stereocenters. The number of para-hydroxylation sites is 2. The number of nitrogens with zero attached hydrogens (tertiary/aromatic N) is 2. The third kappa shape index (κ3) is 4.96. The number of fused-ring (bicyclic) bond motifs is 1. The Balaban J connectivity index is 1.35. The van der Waals surface area contributed by atoms with E-state index in [1.54, 1.807) is 0 Å². The second kappa shape index (κ2) is 9.45. The van der Waals surface area contributed by atoms with Gasteiger partial charge in [0.15, 0.2) is 16.4 Å². The minimum Gasteiger partial charge on any atom is -0.490 e. The highest BCUT2D eigenvalue weighted by atomic mass is 32.1. The molecule has 10 heteroatoms. The monoisotopic (exact) mass is 462 g/mol. The van der Waals surface area contributed by atoms with Crippen LogP contribution in [-0.2, 0) is 6.54 Å². The number of nitro groups is 1. The zero-order valence-electron chi connectivity index (χ0n) is 17.4. The molecule has 2 N–H and O–H groups in total. The van der Waals surface area contributed by atoms with Gasteiger partial charge in [0.2, 0.25) is 5.89 Å². The van der Waals surface area contributed by atoms with E-state index < -0.39 is 10.8 Å². The van der Waals surface area contributed by atoms with E-state index in [2.05, 4.69) is 15.6 Å². The van der Waals surface area contributed by atoms with E-state index in [4.69, 9.17) is 21.4 Å². The zero-order valence-corrected chi connectivity index (χ0v) is 18.2. The Bertz CT molecular complexity index is 1320. The molecule has 1 amide bonds. The Morgan fingerprint density at radius 2 is 1.91 bits per heavy atom. The number of nitro benzene ring substituents is 1. The number of ether oxygens (including phenoxy) is 1. The van der Waals surface area contributed by atoms with Gasteiger partial charge in [-0.1, -0.05) is 24.3 Å². The van der Waals surface area contributed by atoms with Crippen LogP contribution in [0.2, 0.25) is 0 Å². The van der Waals surface area contributed by atoms with Crippen molar-refractivity contribution in [2.75, 3.05) is 7.11 Å². The first-order chi connectivity index (χ1) is 15.9. The normalized spacial score (nSPS) is 10.6. The molecule has 4 rings (SSSR count). The molecule has 0 spiro atoms. The lowest BCUT2D eigenvalue weighted by atomic mass is 10.1. The lowest BCUT2D eigenvalue weighted by Gasteiger charge is -2.10. The fourth-order valence-corrected chi connectivity index (χ4v) is 3.30. The van der Waals surface area contributed by atoms with Gasteiger partial charge in [0.25, 0.3) is 5.91 Å². The van der Waals surface area contributed by atoms with Gasteiger partial charge in [-0.3, -0.25) is 20.2 Å². The SMILES string of the molecule is COc1ccc(C(=O)NC(=S)NCc2ccc(-c3nc4ccccc4o3)cc2)cc1[N+](=O)[O-]. The topological polar surface area (TPSA) is 120 Å². The van der Waals surface area contributed by atoms with Crippen LogP contribution in [0.3, 0.4) is 0 Å². The Morgan fingerprint density at radius 3 is 2.61 bits per heavy atom. The van der Waals surface area contributed by atoms with Gasteiger partial charge in [0.1, 0.15) is 5.52 Å². The van der Waals surface area contributed by atoms with Crippen molar-refractivity contribution in [2.45, 2.75) is 6.54 Å². The number of oxazole rings is 1. The Labute approximate surface area is 193 Å². The highest BCUT2D eigenvalue weighted by Crippen LogP contribution is 2.27. The van der Waals surface area contributed by atoms with Crippen LogP contribution in [0.15, 0.2) is 71.1 Å². The summed E-state index contributed by atoms with van der Waals surface area (Å²) in [6, 6.07) is 19.1. The minimum atomic E-state index is -0.614. The Hall–Kier alpha value is -4.31. The predicted octanol–water partition coefficient (Wildman–Crippen LogP) is 4.22. The van der Waals surface area contributed by atoms with Crippen LogP contribution in [0.1, 0.15) is 15.9 Å². The number of benzene rings is 3. The van der Waals surface area contributed by atoms with Crippen LogP contribution in [0.4, 0.5) is 5.69 Å². The van der Waals surface area contributed by atoms with E-state index in [1.165, 1.54) is 19.2 Å². The van der Waals surface area contributed by atoms with Crippen molar-refractivity contribution in [2.24, 2.45) is 0 Å². The van der Waals surface area contributed by atoms with Crippen LogP contribution in [-0.4, -0.2) is 28.0 Å². The summed E-state index contributed by atoms with van der Waals surface area (Å²) in [5.41, 5.74) is 3.07. The van der Waals surface area contributed by atoms with Crippen LogP contribution >= 0.6 is 12.2 Å². The Kier molecular flexibility index (Phi) is 6.27. The highest BCUT2D eigenvalue weighted by molar-refractivity contribution is 7.80. The molecular weight excluding hydrogens is 444 g/mol. The maximum atomic E-state index is 12.4. The Morgan fingerprint density at radius 1 is 1.15 bits per heavy atom. The van der Waals surface area contributed by atoms with E-state index >= 15 is 0 Å². The number of rotatable bonds is 6. The molecule has 0 saturated carbocycles. The number of hydrogen-bond acceptors (Lipinski definition) is 7. The van der Waals surface area contributed by atoms with Gasteiger partial charge in [-0.05, 0) is 54.2 Å². The molecule has 1 heterocycles. The number of thiocarbonyl (C=S) groups is 1. The largest absolute Gasteiger partial charge is 0.490 e. The molecule has 0 aliphatic carbocycles. The molecule has 0 aliphatic heterocycles. The van der Waals surface area contributed by atoms with Crippen LogP contribution in [0, 0.1) is 10.1 Å². The number of hydrogen-bond donors (Lipinski definition) is 2. The van der Waals surface area contributed by atoms with Crippen LogP contribution in [0.25, 0.3) is 22.6 Å². The molecule has 1 aromatic heterocycles. The molecule has 0 bridgehead atoms. The number of carbonyl (C=O) groups excluding carboxylic acids is 1. The first-order valence-corrected chi connectivity index (χ1v) is 10.2. The summed E-state index contributed by atoms with van der Waals surface area (Å²) in [5, 5.41) is 16.7. The third-order valence-electron chi connectivity index (χ3n) is 4.81. The average molecular weight is 462 g/mol. The molecule has 9 nitrogen and oxygen atoms in total. The lowest BCUT2D eigenvalue weighted by Crippen LogP contribution is -2.38. The van der Waals surface area contributed by atoms with Gasteiger partial charge >= 0.3 is 5.69 Å². The minimum absolute atomic E-state index is 0.0681. The molecule has 0 radical (unpaired) electrons. The second-order valence-electron chi connectivity index (χ2n) is 6.96. The van der Waals surface area contributed by atoms with Gasteiger partial charge in [-0.25, -0.2) is 4.98 Å². The number of amides is 1. The number of carbonyl (C=O) groups is 1. The van der Waals surface area contributed by atoms with Crippen molar-refractivity contribution in [3.63, 3.8) is 0 Å². The summed E-state index contributed by atoms with van der Waals surface area (Å²) >= 11 is 5.17. The van der Waals surface area contributed by atoms with Crippen molar-refractivity contribution in [1.82, 2.24) is 15.6 Å². The van der Waals surface area contributed by atoms with E-state index in [9.17, 15) is 14.9 Å². The van der Waals surface area contributed by atoms with Crippen molar-refractivity contribution in [3.05, 3.63) is 88.0 Å². The summed E-state index contributed by atoms with van der Waals surface area (Å²) in [6.07, 6.45) is 0. The lowest BCUT2D eigenvalue weighted by molar-refractivity contribution is -0.385. The summed E-state index contributed by atoms with van der Waals surface area (Å²) in [6.45, 7) is 0.371. The maximum absolute atomic E-state index is 12.4. The van der Waals surface area contributed by atoms with E-state index in [1.807, 2.05) is 48.5 Å². The van der Waals surface area contributed by atoms with Gasteiger partial charge in [0, 0.05) is 23.7 Å². The molecular formula is C23H18N4O5S. The van der Waals surface area contributed by atoms with Gasteiger partial charge < -0.3 is 14.5 Å². The zero-order chi connectivity index (χ0) is 23.4. The molecule has 3 aromatic carbocycles. The second-order valence-corrected chi connectivity index (χ2v) is 7.37. The smallest absolute Gasteiger partial charge is 0.311 e. The molecule has 33 heavy (non-hydrogen) atoms. The first kappa shape index (κ1) is 21.9. The summed E-state index contributed by atoms with van der Waals surface area (Å²) in [7, 11) is 1.32. The summed E-state index contributed by atoms with van der Waals surface area (Å²) in [5.74, 6) is 0.0372. The standard InChI is InChI=1S/C23H18N4O5S/c1-31-20-11-10-16(12-18(20)27(29)30)21(28)26-23(33)24-13-14-6-8-15(9-7-14)22-25-17-4-2-3-5-19(17)32-22/h2-12H,13H2,1H3,(H2,24,26,28,33). The number of aromatic nitrogens is 1. The van der Waals surface area contributed by atoms with Crippen LogP contribution < -0.4 is 15.4 Å². The van der Waals surface area contributed by atoms with Crippen molar-refractivity contribution >= 4 is 40.0 Å². The quantitative estimate of drug-likeness (QED) is 0.248. The average Bonchev–Trinajstić information content (AvgIpc) is 3.27. The van der Waals surface area contributed by atoms with Gasteiger partial charge in [0.05, 0.1) is 12.0 Å². The third-order valence-corrected chi connectivity index (χ3v) is 5.06. The maximum Gasteiger partial charge on any atom is 0.311 e. The van der Waals surface area contributed by atoms with E-state index in [0.717, 1.165) is 28.3 Å². The molecule has 166 valence electrons. The molecule has 0 fully saturated rings.